The normalized spacial score (nSPS) is 17.3. The molecule has 0 unspecified atom stereocenters. The van der Waals surface area contributed by atoms with Gasteiger partial charge in [-0.3, -0.25) is 0 Å². The fourth-order valence-electron chi connectivity index (χ4n) is 3.17. The first-order valence-electron chi connectivity index (χ1n) is 8.32. The van der Waals surface area contributed by atoms with Gasteiger partial charge in [0.15, 0.2) is 0 Å². The van der Waals surface area contributed by atoms with Crippen molar-refractivity contribution in [2.45, 2.75) is 17.6 Å². The Morgan fingerprint density at radius 3 is 2.12 bits per heavy atom. The highest BCUT2D eigenvalue weighted by Crippen LogP contribution is 2.35. The molecule has 0 spiro atoms. The van der Waals surface area contributed by atoms with Crippen molar-refractivity contribution in [1.29, 1.82) is 0 Å². The molecule has 1 heterocycles. The van der Waals surface area contributed by atoms with Crippen molar-refractivity contribution in [3.8, 4) is 0 Å². The first kappa shape index (κ1) is 18.9. The van der Waals surface area contributed by atoms with E-state index in [1.165, 1.54) is 17.0 Å². The Morgan fingerprint density at radius 1 is 0.923 bits per heavy atom. The monoisotopic (exact) mass is 385 g/mol. The smallest absolute Gasteiger partial charge is 0.329 e. The van der Waals surface area contributed by atoms with Crippen LogP contribution in [0.15, 0.2) is 59.5 Å². The molecule has 2 aromatic rings. The van der Waals surface area contributed by atoms with E-state index in [2.05, 4.69) is 0 Å². The van der Waals surface area contributed by atoms with Crippen LogP contribution >= 0.6 is 0 Å². The predicted molar refractivity (Wildman–Crippen MR) is 91.0 cm³/mol. The molecule has 2 aromatic carbocycles. The van der Waals surface area contributed by atoms with Crippen LogP contribution in [-0.4, -0.2) is 38.9 Å². The number of halogens is 3. The second-order valence-corrected chi connectivity index (χ2v) is 8.22. The Kier molecular flexibility index (Phi) is 5.36. The van der Waals surface area contributed by atoms with Crippen LogP contribution < -0.4 is 4.90 Å². The summed E-state index contributed by atoms with van der Waals surface area (Å²) in [7, 11) is -4.17. The molecule has 0 saturated carbocycles. The fraction of sp³-hybridized carbons (Fsp3) is 0.333. The number of benzene rings is 2. The Bertz CT molecular complexity index is 846. The lowest BCUT2D eigenvalue weighted by atomic mass is 10.2. The summed E-state index contributed by atoms with van der Waals surface area (Å²) in [5.41, 5.74) is 0.0419. The highest BCUT2D eigenvalue weighted by atomic mass is 32.2. The first-order valence-corrected chi connectivity index (χ1v) is 9.76. The van der Waals surface area contributed by atoms with E-state index in [4.69, 9.17) is 0 Å². The Morgan fingerprint density at radius 2 is 1.50 bits per heavy atom. The number of sulfonamides is 1. The largest absolute Gasteiger partial charge is 0.417 e. The maximum absolute atomic E-state index is 13.2. The third-order valence-electron chi connectivity index (χ3n) is 4.54. The minimum atomic E-state index is -4.70. The van der Waals surface area contributed by atoms with Gasteiger partial charge in [0, 0.05) is 5.56 Å². The van der Waals surface area contributed by atoms with Gasteiger partial charge in [0.25, 0.3) is 0 Å². The summed E-state index contributed by atoms with van der Waals surface area (Å²) in [5.74, 6) is 0. The molecule has 1 saturated heterocycles. The molecule has 140 valence electrons. The number of alkyl halides is 3. The maximum Gasteiger partial charge on any atom is 0.417 e. The minimum Gasteiger partial charge on any atom is -0.329 e. The molecule has 0 aliphatic carbocycles. The summed E-state index contributed by atoms with van der Waals surface area (Å²) in [6, 6.07) is 14.2. The number of quaternary nitrogens is 1. The lowest BCUT2D eigenvalue weighted by Crippen LogP contribution is -3.13. The number of nitrogens with one attached hydrogen (secondary N) is 1. The van der Waals surface area contributed by atoms with E-state index in [-0.39, 0.29) is 13.1 Å². The van der Waals surface area contributed by atoms with Crippen LogP contribution in [0.4, 0.5) is 13.2 Å². The van der Waals surface area contributed by atoms with Gasteiger partial charge in [-0.2, -0.15) is 17.5 Å². The van der Waals surface area contributed by atoms with E-state index >= 15 is 0 Å². The highest BCUT2D eigenvalue weighted by Gasteiger charge is 2.39. The second kappa shape index (κ2) is 7.38. The van der Waals surface area contributed by atoms with Crippen LogP contribution in [0.1, 0.15) is 11.1 Å². The Labute approximate surface area is 150 Å². The summed E-state index contributed by atoms with van der Waals surface area (Å²) in [5, 5.41) is 0. The van der Waals surface area contributed by atoms with Crippen LogP contribution in [-0.2, 0) is 22.7 Å². The summed E-state index contributed by atoms with van der Waals surface area (Å²) in [6.45, 7) is 2.30. The molecule has 1 fully saturated rings. The summed E-state index contributed by atoms with van der Waals surface area (Å²) >= 11 is 0. The van der Waals surface area contributed by atoms with Crippen molar-refractivity contribution in [1.82, 2.24) is 4.31 Å². The van der Waals surface area contributed by atoms with Crippen molar-refractivity contribution < 1.29 is 26.5 Å². The van der Waals surface area contributed by atoms with Crippen molar-refractivity contribution in [2.75, 3.05) is 26.2 Å². The topological polar surface area (TPSA) is 41.8 Å². The number of hydrogen-bond acceptors (Lipinski definition) is 2. The number of hydrogen-bond donors (Lipinski definition) is 1. The second-order valence-electron chi connectivity index (χ2n) is 6.31. The highest BCUT2D eigenvalue weighted by molar-refractivity contribution is 7.89. The van der Waals surface area contributed by atoms with E-state index < -0.39 is 26.7 Å². The van der Waals surface area contributed by atoms with Gasteiger partial charge >= 0.3 is 6.18 Å². The molecular weight excluding hydrogens is 365 g/mol. The molecule has 26 heavy (non-hydrogen) atoms. The molecule has 4 nitrogen and oxygen atoms in total. The Balaban J connectivity index is 1.73. The first-order chi connectivity index (χ1) is 12.3. The van der Waals surface area contributed by atoms with Gasteiger partial charge in [0.2, 0.25) is 10.0 Å². The van der Waals surface area contributed by atoms with Gasteiger partial charge in [-0.25, -0.2) is 8.42 Å². The third-order valence-corrected chi connectivity index (χ3v) is 6.49. The van der Waals surface area contributed by atoms with Crippen LogP contribution in [0.5, 0.6) is 0 Å². The standard InChI is InChI=1S/C18H19F3N2O2S/c19-18(20,21)16-8-4-5-9-17(16)26(24,25)23-12-10-22(11-13-23)14-15-6-2-1-3-7-15/h1-9H,10-14H2/p+1. The van der Waals surface area contributed by atoms with Crippen molar-refractivity contribution in [3.63, 3.8) is 0 Å². The van der Waals surface area contributed by atoms with E-state index in [1.54, 1.807) is 0 Å². The lowest BCUT2D eigenvalue weighted by molar-refractivity contribution is -0.917. The average molecular weight is 385 g/mol. The molecule has 1 aliphatic rings. The zero-order valence-corrected chi connectivity index (χ0v) is 14.9. The maximum atomic E-state index is 13.2. The molecule has 8 heteroatoms. The molecule has 3 rings (SSSR count). The molecular formula is C18H20F3N2O2S+. The molecule has 0 radical (unpaired) electrons. The van der Waals surface area contributed by atoms with Crippen LogP contribution in [0.3, 0.4) is 0 Å². The van der Waals surface area contributed by atoms with Crippen LogP contribution in [0.25, 0.3) is 0 Å². The minimum absolute atomic E-state index is 0.205. The summed E-state index contributed by atoms with van der Waals surface area (Å²) in [6.07, 6.45) is -4.70. The van der Waals surface area contributed by atoms with E-state index in [1.807, 2.05) is 30.3 Å². The van der Waals surface area contributed by atoms with Crippen LogP contribution in [0, 0.1) is 0 Å². The van der Waals surface area contributed by atoms with E-state index in [9.17, 15) is 21.6 Å². The Hall–Kier alpha value is -1.90. The number of nitrogens with zero attached hydrogens (tertiary/aromatic N) is 1. The zero-order valence-electron chi connectivity index (χ0n) is 14.0. The van der Waals surface area contributed by atoms with Gasteiger partial charge < -0.3 is 4.90 Å². The van der Waals surface area contributed by atoms with Crippen LogP contribution in [0.2, 0.25) is 0 Å². The third kappa shape index (κ3) is 4.08. The van der Waals surface area contributed by atoms with Gasteiger partial charge in [0.1, 0.15) is 6.54 Å². The number of piperazine rings is 1. The summed E-state index contributed by atoms with van der Waals surface area (Å²) < 4.78 is 66.1. The predicted octanol–water partition coefficient (Wildman–Crippen LogP) is 1.79. The van der Waals surface area contributed by atoms with Gasteiger partial charge in [-0.05, 0) is 12.1 Å². The van der Waals surface area contributed by atoms with E-state index in [0.29, 0.717) is 13.1 Å². The number of rotatable bonds is 4. The zero-order chi connectivity index (χ0) is 18.8. The molecule has 0 atom stereocenters. The lowest BCUT2D eigenvalue weighted by Gasteiger charge is -2.32. The van der Waals surface area contributed by atoms with Crippen molar-refractivity contribution in [2.24, 2.45) is 0 Å². The molecule has 0 aromatic heterocycles. The molecule has 0 amide bonds. The van der Waals surface area contributed by atoms with Gasteiger partial charge in [0.05, 0.1) is 36.6 Å². The van der Waals surface area contributed by atoms with Crippen molar-refractivity contribution in [3.05, 3.63) is 65.7 Å². The molecule has 1 N–H and O–H groups in total. The van der Waals surface area contributed by atoms with E-state index in [0.717, 1.165) is 28.5 Å². The molecule has 0 bridgehead atoms. The summed E-state index contributed by atoms with van der Waals surface area (Å²) in [4.78, 5) is 0.547. The van der Waals surface area contributed by atoms with Crippen molar-refractivity contribution >= 4 is 10.0 Å². The SMILES string of the molecule is O=S(=O)(c1ccccc1C(F)(F)F)N1CC[NH+](Cc2ccccc2)CC1. The fourth-order valence-corrected chi connectivity index (χ4v) is 4.82. The van der Waals surface area contributed by atoms with Gasteiger partial charge in [-0.1, -0.05) is 42.5 Å². The average Bonchev–Trinajstić information content (AvgIpc) is 2.62. The molecule has 1 aliphatic heterocycles. The van der Waals surface area contributed by atoms with Gasteiger partial charge in [-0.15, -0.1) is 0 Å². The quantitative estimate of drug-likeness (QED) is 0.872.